The quantitative estimate of drug-likeness (QED) is 0.341. The molecule has 0 radical (unpaired) electrons. The number of rotatable bonds is 8. The number of nitrogens with one attached hydrogen (secondary N) is 1. The average molecular weight is 460 g/mol. The van der Waals surface area contributed by atoms with Crippen LogP contribution in [0, 0.1) is 5.82 Å². The summed E-state index contributed by atoms with van der Waals surface area (Å²) in [7, 11) is 1.59. The molecule has 0 spiro atoms. The number of hydrogen-bond acceptors (Lipinski definition) is 7. The summed E-state index contributed by atoms with van der Waals surface area (Å²) in [6.45, 7) is 0.777. The van der Waals surface area contributed by atoms with Gasteiger partial charge in [-0.2, -0.15) is 10.1 Å². The van der Waals surface area contributed by atoms with Crippen molar-refractivity contribution in [3.05, 3.63) is 60.6 Å². The largest absolute Gasteiger partial charge is 0.491 e. The fourth-order valence-corrected chi connectivity index (χ4v) is 3.88. The van der Waals surface area contributed by atoms with Gasteiger partial charge >= 0.3 is 0 Å². The van der Waals surface area contributed by atoms with Gasteiger partial charge in [0.05, 0.1) is 24.7 Å². The molecule has 0 aliphatic heterocycles. The average Bonchev–Trinajstić information content (AvgIpc) is 3.23. The molecule has 0 unspecified atom stereocenters. The monoisotopic (exact) mass is 460 g/mol. The summed E-state index contributed by atoms with van der Waals surface area (Å²) >= 11 is 0. The van der Waals surface area contributed by atoms with Crippen molar-refractivity contribution in [2.24, 2.45) is 0 Å². The summed E-state index contributed by atoms with van der Waals surface area (Å²) in [5, 5.41) is 11.2. The van der Waals surface area contributed by atoms with Crippen molar-refractivity contribution in [1.29, 1.82) is 0 Å². The Hall–Kier alpha value is -4.05. The molecule has 1 aliphatic carbocycles. The van der Waals surface area contributed by atoms with Crippen LogP contribution in [0.2, 0.25) is 0 Å². The third kappa shape index (κ3) is 3.71. The lowest BCUT2D eigenvalue weighted by Gasteiger charge is -2.09. The van der Waals surface area contributed by atoms with Gasteiger partial charge in [-0.3, -0.25) is 9.50 Å². The summed E-state index contributed by atoms with van der Waals surface area (Å²) in [6, 6.07) is 8.57. The number of H-pyrrole nitrogens is 1. The van der Waals surface area contributed by atoms with Gasteiger partial charge in [-0.05, 0) is 37.1 Å². The molecule has 6 rings (SSSR count). The summed E-state index contributed by atoms with van der Waals surface area (Å²) in [6.07, 6.45) is 7.48. The second-order valence-electron chi connectivity index (χ2n) is 8.16. The molecule has 0 amide bonds. The first kappa shape index (κ1) is 20.5. The Labute approximate surface area is 193 Å². The number of nitrogens with zero attached hydrogens (tertiary/aromatic N) is 5. The zero-order chi connectivity index (χ0) is 23.1. The van der Waals surface area contributed by atoms with Crippen LogP contribution in [0.5, 0.6) is 5.75 Å². The van der Waals surface area contributed by atoms with Crippen LogP contribution in [0.3, 0.4) is 0 Å². The Kier molecular flexibility index (Phi) is 5.06. The van der Waals surface area contributed by atoms with E-state index in [4.69, 9.17) is 14.0 Å². The minimum absolute atomic E-state index is 0.348. The van der Waals surface area contributed by atoms with E-state index in [1.54, 1.807) is 31.6 Å². The van der Waals surface area contributed by atoms with Crippen molar-refractivity contribution in [2.45, 2.75) is 18.8 Å². The zero-order valence-electron chi connectivity index (χ0n) is 18.4. The third-order valence-corrected chi connectivity index (χ3v) is 5.82. The summed E-state index contributed by atoms with van der Waals surface area (Å²) < 4.78 is 32.8. The molecule has 4 heterocycles. The SMILES string of the molecule is COCCOc1ccc(-c2[nH]ncc2-c2ccc3ncc(-c4noc(C5CC5)n4)n3c2)c(F)c1. The fourth-order valence-electron chi connectivity index (χ4n) is 3.88. The highest BCUT2D eigenvalue weighted by Gasteiger charge is 2.30. The van der Waals surface area contributed by atoms with Gasteiger partial charge in [0, 0.05) is 42.0 Å². The topological polar surface area (TPSA) is 103 Å². The number of fused-ring (bicyclic) bond motifs is 1. The van der Waals surface area contributed by atoms with Gasteiger partial charge in [0.15, 0.2) is 0 Å². The van der Waals surface area contributed by atoms with Crippen LogP contribution in [-0.2, 0) is 4.74 Å². The van der Waals surface area contributed by atoms with E-state index in [0.717, 1.165) is 35.3 Å². The predicted molar refractivity (Wildman–Crippen MR) is 121 cm³/mol. The lowest BCUT2D eigenvalue weighted by Crippen LogP contribution is -2.04. The van der Waals surface area contributed by atoms with E-state index in [-0.39, 0.29) is 0 Å². The molecule has 1 fully saturated rings. The van der Waals surface area contributed by atoms with E-state index in [1.807, 2.05) is 22.7 Å². The van der Waals surface area contributed by atoms with Crippen molar-refractivity contribution in [3.63, 3.8) is 0 Å². The van der Waals surface area contributed by atoms with E-state index in [2.05, 4.69) is 25.3 Å². The van der Waals surface area contributed by atoms with Gasteiger partial charge in [-0.15, -0.1) is 0 Å². The van der Waals surface area contributed by atoms with Crippen LogP contribution in [0.1, 0.15) is 24.7 Å². The van der Waals surface area contributed by atoms with Gasteiger partial charge in [-0.1, -0.05) is 5.16 Å². The van der Waals surface area contributed by atoms with Crippen molar-refractivity contribution in [3.8, 4) is 39.7 Å². The molecule has 9 nitrogen and oxygen atoms in total. The number of pyridine rings is 1. The van der Waals surface area contributed by atoms with Gasteiger partial charge in [0.2, 0.25) is 11.7 Å². The Morgan fingerprint density at radius 2 is 2.06 bits per heavy atom. The molecular weight excluding hydrogens is 439 g/mol. The standard InChI is InChI=1S/C24H21FN6O3/c1-32-8-9-33-16-5-6-17(19(25)10-16)22-18(11-27-29-22)15-4-7-21-26-12-20(31(21)13-15)23-28-24(34-30-23)14-2-3-14/h4-7,10-14H,2-3,8-9H2,1H3,(H,27,29). The second kappa shape index (κ2) is 8.38. The van der Waals surface area contributed by atoms with Crippen LogP contribution in [0.4, 0.5) is 4.39 Å². The highest BCUT2D eigenvalue weighted by atomic mass is 19.1. The Morgan fingerprint density at radius 1 is 1.15 bits per heavy atom. The van der Waals surface area contributed by atoms with Gasteiger partial charge in [0.25, 0.3) is 0 Å². The number of ether oxygens (including phenoxy) is 2. The number of imidazole rings is 1. The molecule has 1 N–H and O–H groups in total. The first-order valence-electron chi connectivity index (χ1n) is 11.0. The van der Waals surface area contributed by atoms with E-state index < -0.39 is 5.82 Å². The number of benzene rings is 1. The molecule has 5 aromatic rings. The lowest BCUT2D eigenvalue weighted by atomic mass is 10.0. The number of aromatic amines is 1. The Morgan fingerprint density at radius 3 is 2.88 bits per heavy atom. The van der Waals surface area contributed by atoms with E-state index in [9.17, 15) is 4.39 Å². The van der Waals surface area contributed by atoms with Crippen molar-refractivity contribution in [2.75, 3.05) is 20.3 Å². The van der Waals surface area contributed by atoms with Crippen molar-refractivity contribution < 1.29 is 18.4 Å². The first-order valence-corrected chi connectivity index (χ1v) is 11.0. The van der Waals surface area contributed by atoms with E-state index >= 15 is 0 Å². The van der Waals surface area contributed by atoms with Gasteiger partial charge in [-0.25, -0.2) is 9.37 Å². The highest BCUT2D eigenvalue weighted by molar-refractivity contribution is 5.81. The zero-order valence-corrected chi connectivity index (χ0v) is 18.4. The smallest absolute Gasteiger partial charge is 0.230 e. The normalized spacial score (nSPS) is 13.6. The van der Waals surface area contributed by atoms with Gasteiger partial charge in [0.1, 0.15) is 29.5 Å². The predicted octanol–water partition coefficient (Wildman–Crippen LogP) is 4.48. The molecule has 1 aromatic carbocycles. The first-order chi connectivity index (χ1) is 16.7. The van der Waals surface area contributed by atoms with E-state index in [1.165, 1.54) is 6.07 Å². The molecule has 34 heavy (non-hydrogen) atoms. The Bertz CT molecular complexity index is 1470. The number of aromatic nitrogens is 6. The van der Waals surface area contributed by atoms with Crippen LogP contribution < -0.4 is 4.74 Å². The Balaban J connectivity index is 1.35. The fraction of sp³-hybridized carbons (Fsp3) is 0.250. The maximum atomic E-state index is 15.0. The maximum absolute atomic E-state index is 15.0. The molecular formula is C24H21FN6O3. The lowest BCUT2D eigenvalue weighted by molar-refractivity contribution is 0.146. The van der Waals surface area contributed by atoms with Crippen LogP contribution in [-0.4, -0.2) is 50.0 Å². The number of hydrogen-bond donors (Lipinski definition) is 1. The van der Waals surface area contributed by atoms with Crippen molar-refractivity contribution >= 4 is 5.65 Å². The molecule has 0 bridgehead atoms. The summed E-state index contributed by atoms with van der Waals surface area (Å²) in [4.78, 5) is 9.00. The van der Waals surface area contributed by atoms with Crippen LogP contribution in [0.15, 0.2) is 53.4 Å². The summed E-state index contributed by atoms with van der Waals surface area (Å²) in [5.74, 6) is 1.56. The molecule has 1 aliphatic rings. The molecule has 1 saturated carbocycles. The molecule has 0 atom stereocenters. The van der Waals surface area contributed by atoms with E-state index in [0.29, 0.717) is 47.9 Å². The minimum atomic E-state index is -0.413. The number of methoxy groups -OCH3 is 1. The van der Waals surface area contributed by atoms with Crippen LogP contribution in [0.25, 0.3) is 39.5 Å². The van der Waals surface area contributed by atoms with Gasteiger partial charge < -0.3 is 14.0 Å². The highest BCUT2D eigenvalue weighted by Crippen LogP contribution is 2.39. The molecule has 4 aromatic heterocycles. The molecule has 10 heteroatoms. The summed E-state index contributed by atoms with van der Waals surface area (Å²) in [5.41, 5.74) is 4.01. The molecule has 0 saturated heterocycles. The van der Waals surface area contributed by atoms with Crippen LogP contribution >= 0.6 is 0 Å². The minimum Gasteiger partial charge on any atom is -0.491 e. The van der Waals surface area contributed by atoms with Crippen molar-refractivity contribution in [1.82, 2.24) is 29.7 Å². The maximum Gasteiger partial charge on any atom is 0.230 e. The third-order valence-electron chi connectivity index (χ3n) is 5.82. The molecule has 172 valence electrons. The second-order valence-corrected chi connectivity index (χ2v) is 8.16. The number of halogens is 1.